The van der Waals surface area contributed by atoms with Crippen molar-refractivity contribution < 1.29 is 8.81 Å². The van der Waals surface area contributed by atoms with Crippen molar-refractivity contribution in [1.82, 2.24) is 4.98 Å². The number of halogens is 1. The molecule has 2 aromatic heterocycles. The van der Waals surface area contributed by atoms with Crippen LogP contribution in [0.5, 0.6) is 0 Å². The molecule has 0 saturated carbocycles. The Kier molecular flexibility index (Phi) is 1.92. The van der Waals surface area contributed by atoms with Gasteiger partial charge in [-0.2, -0.15) is 4.39 Å². The van der Waals surface area contributed by atoms with Crippen molar-refractivity contribution >= 4 is 11.3 Å². The van der Waals surface area contributed by atoms with Gasteiger partial charge in [0.1, 0.15) is 0 Å². The molecule has 0 fully saturated rings. The minimum absolute atomic E-state index is 0.214. The molecule has 0 saturated heterocycles. The quantitative estimate of drug-likeness (QED) is 0.701. The van der Waals surface area contributed by atoms with Crippen molar-refractivity contribution in [3.8, 4) is 11.3 Å². The van der Waals surface area contributed by atoms with Gasteiger partial charge in [0, 0.05) is 11.8 Å². The van der Waals surface area contributed by atoms with Gasteiger partial charge in [-0.1, -0.05) is 0 Å². The number of thiophene rings is 1. The SMILES string of the molecule is Cc1ncc(-c2cc(C)sc2F)o1. The van der Waals surface area contributed by atoms with E-state index in [9.17, 15) is 4.39 Å². The van der Waals surface area contributed by atoms with Gasteiger partial charge in [0.05, 0.1) is 11.8 Å². The van der Waals surface area contributed by atoms with Crippen LogP contribution in [0.4, 0.5) is 4.39 Å². The van der Waals surface area contributed by atoms with Crippen molar-refractivity contribution in [2.75, 3.05) is 0 Å². The highest BCUT2D eigenvalue weighted by Gasteiger charge is 2.12. The molecule has 0 aliphatic heterocycles. The largest absolute Gasteiger partial charge is 0.441 e. The Labute approximate surface area is 79.0 Å². The molecule has 0 aromatic carbocycles. The fraction of sp³-hybridized carbons (Fsp3) is 0.222. The summed E-state index contributed by atoms with van der Waals surface area (Å²) in [5.74, 6) is 1.05. The molecule has 2 aromatic rings. The van der Waals surface area contributed by atoms with Crippen molar-refractivity contribution in [3.63, 3.8) is 0 Å². The van der Waals surface area contributed by atoms with Crippen LogP contribution in [0.15, 0.2) is 16.7 Å². The van der Waals surface area contributed by atoms with Crippen LogP contribution in [-0.2, 0) is 0 Å². The molecule has 0 aliphatic carbocycles. The van der Waals surface area contributed by atoms with Crippen molar-refractivity contribution in [2.45, 2.75) is 13.8 Å². The zero-order valence-electron chi connectivity index (χ0n) is 7.30. The molecule has 4 heteroatoms. The third-order valence-electron chi connectivity index (χ3n) is 1.70. The number of aromatic nitrogens is 1. The molecular weight excluding hydrogens is 189 g/mol. The molecule has 0 radical (unpaired) electrons. The third kappa shape index (κ3) is 1.49. The summed E-state index contributed by atoms with van der Waals surface area (Å²) in [4.78, 5) is 4.85. The molecule has 13 heavy (non-hydrogen) atoms. The first-order valence-corrected chi connectivity index (χ1v) is 4.67. The third-order valence-corrected chi connectivity index (χ3v) is 2.54. The molecule has 0 N–H and O–H groups in total. The summed E-state index contributed by atoms with van der Waals surface area (Å²) in [6, 6.07) is 1.76. The van der Waals surface area contributed by atoms with Crippen molar-refractivity contribution in [1.29, 1.82) is 0 Å². The first-order chi connectivity index (χ1) is 6.16. The van der Waals surface area contributed by atoms with Gasteiger partial charge in [-0.25, -0.2) is 4.98 Å². The minimum atomic E-state index is -0.214. The molecule has 68 valence electrons. The second kappa shape index (κ2) is 2.96. The average molecular weight is 197 g/mol. The fourth-order valence-corrected chi connectivity index (χ4v) is 1.87. The van der Waals surface area contributed by atoms with Crippen LogP contribution in [0.3, 0.4) is 0 Å². The number of oxazole rings is 1. The highest BCUT2D eigenvalue weighted by atomic mass is 32.1. The maximum atomic E-state index is 13.2. The zero-order chi connectivity index (χ0) is 9.42. The number of aryl methyl sites for hydroxylation is 2. The van der Waals surface area contributed by atoms with Gasteiger partial charge < -0.3 is 4.42 Å². The smallest absolute Gasteiger partial charge is 0.191 e. The van der Waals surface area contributed by atoms with E-state index in [0.717, 1.165) is 16.2 Å². The standard InChI is InChI=1S/C9H8FNOS/c1-5-3-7(9(10)13-5)8-4-11-6(2)12-8/h3-4H,1-2H3. The Hall–Kier alpha value is -1.16. The van der Waals surface area contributed by atoms with E-state index >= 15 is 0 Å². The average Bonchev–Trinajstić information content (AvgIpc) is 2.58. The monoisotopic (exact) mass is 197 g/mol. The molecule has 0 unspecified atom stereocenters. The van der Waals surface area contributed by atoms with Crippen LogP contribution in [0.2, 0.25) is 0 Å². The Balaban J connectivity index is 2.51. The van der Waals surface area contributed by atoms with Crippen molar-refractivity contribution in [3.05, 3.63) is 28.2 Å². The van der Waals surface area contributed by atoms with Gasteiger partial charge in [-0.3, -0.25) is 0 Å². The number of rotatable bonds is 1. The predicted molar refractivity (Wildman–Crippen MR) is 49.2 cm³/mol. The van der Waals surface area contributed by atoms with Crippen LogP contribution in [0, 0.1) is 19.0 Å². The molecule has 2 rings (SSSR count). The van der Waals surface area contributed by atoms with Gasteiger partial charge >= 0.3 is 0 Å². The Morgan fingerprint density at radius 2 is 2.23 bits per heavy atom. The van der Waals surface area contributed by atoms with Gasteiger partial charge in [0.2, 0.25) is 0 Å². The lowest BCUT2D eigenvalue weighted by Gasteiger charge is -1.88. The summed E-state index contributed by atoms with van der Waals surface area (Å²) >= 11 is 1.12. The topological polar surface area (TPSA) is 26.0 Å². The van der Waals surface area contributed by atoms with Crippen molar-refractivity contribution in [2.24, 2.45) is 0 Å². The van der Waals surface area contributed by atoms with Gasteiger partial charge in [0.15, 0.2) is 16.8 Å². The second-order valence-electron chi connectivity index (χ2n) is 2.79. The first-order valence-electron chi connectivity index (χ1n) is 3.85. The van der Waals surface area contributed by atoms with Crippen LogP contribution >= 0.6 is 11.3 Å². The van der Waals surface area contributed by atoms with E-state index in [0.29, 0.717) is 17.2 Å². The number of hydrogen-bond donors (Lipinski definition) is 0. The number of hydrogen-bond acceptors (Lipinski definition) is 3. The molecular formula is C9H8FNOS. The summed E-state index contributed by atoms with van der Waals surface area (Å²) in [6.45, 7) is 3.60. The minimum Gasteiger partial charge on any atom is -0.441 e. The molecule has 0 amide bonds. The maximum Gasteiger partial charge on any atom is 0.191 e. The molecule has 0 bridgehead atoms. The van der Waals surface area contributed by atoms with E-state index in [1.54, 1.807) is 19.2 Å². The lowest BCUT2D eigenvalue weighted by molar-refractivity contribution is 0.530. The highest BCUT2D eigenvalue weighted by Crippen LogP contribution is 2.29. The van der Waals surface area contributed by atoms with Crippen LogP contribution in [0.1, 0.15) is 10.8 Å². The van der Waals surface area contributed by atoms with Gasteiger partial charge in [0.25, 0.3) is 0 Å². The summed E-state index contributed by atoms with van der Waals surface area (Å²) < 4.78 is 18.5. The fourth-order valence-electron chi connectivity index (χ4n) is 1.14. The summed E-state index contributed by atoms with van der Waals surface area (Å²) in [7, 11) is 0. The van der Waals surface area contributed by atoms with E-state index < -0.39 is 0 Å². The second-order valence-corrected chi connectivity index (χ2v) is 3.99. The van der Waals surface area contributed by atoms with E-state index in [1.165, 1.54) is 0 Å². The number of nitrogens with zero attached hydrogens (tertiary/aromatic N) is 1. The Bertz CT molecular complexity index is 433. The highest BCUT2D eigenvalue weighted by molar-refractivity contribution is 7.10. The molecule has 2 heterocycles. The van der Waals surface area contributed by atoms with E-state index in [1.807, 2.05) is 6.92 Å². The van der Waals surface area contributed by atoms with Crippen LogP contribution in [0.25, 0.3) is 11.3 Å². The Morgan fingerprint density at radius 3 is 2.69 bits per heavy atom. The van der Waals surface area contributed by atoms with E-state index in [2.05, 4.69) is 4.98 Å². The molecule has 0 spiro atoms. The molecule has 0 atom stereocenters. The van der Waals surface area contributed by atoms with E-state index in [4.69, 9.17) is 4.42 Å². The normalized spacial score (nSPS) is 10.7. The van der Waals surface area contributed by atoms with E-state index in [-0.39, 0.29) is 5.13 Å². The Morgan fingerprint density at radius 1 is 1.46 bits per heavy atom. The predicted octanol–water partition coefficient (Wildman–Crippen LogP) is 3.16. The first kappa shape index (κ1) is 8.44. The van der Waals surface area contributed by atoms with Crippen LogP contribution < -0.4 is 0 Å². The summed E-state index contributed by atoms with van der Waals surface area (Å²) in [5, 5.41) is -0.214. The van der Waals surface area contributed by atoms with Gasteiger partial charge in [-0.15, -0.1) is 11.3 Å². The van der Waals surface area contributed by atoms with Gasteiger partial charge in [-0.05, 0) is 13.0 Å². The molecule has 0 aliphatic rings. The molecule has 2 nitrogen and oxygen atoms in total. The summed E-state index contributed by atoms with van der Waals surface area (Å²) in [5.41, 5.74) is 0.503. The maximum absolute atomic E-state index is 13.2. The summed E-state index contributed by atoms with van der Waals surface area (Å²) in [6.07, 6.45) is 1.54. The lowest BCUT2D eigenvalue weighted by Crippen LogP contribution is -1.70. The zero-order valence-corrected chi connectivity index (χ0v) is 8.11. The lowest BCUT2D eigenvalue weighted by atomic mass is 10.2. The van der Waals surface area contributed by atoms with Crippen LogP contribution in [-0.4, -0.2) is 4.98 Å².